The first-order chi connectivity index (χ1) is 30.4. The first kappa shape index (κ1) is 42.3. The minimum atomic E-state index is -1.82. The van der Waals surface area contributed by atoms with E-state index in [2.05, 4.69) is 165 Å². The van der Waals surface area contributed by atoms with Crippen molar-refractivity contribution in [2.75, 3.05) is 39.3 Å². The maximum absolute atomic E-state index is 9.10. The SMILES string of the molecule is C(/CN1CCC(c2ccccc2)C1)=C1/CCCc2c1cnn2-c1ccccc1.C(/CN1CCC(c2ccccc2)C1)=C1/CCCc2c1cnn2-c1ccccc1.O=C(O)C(=O)O. The molecule has 2 aromatic heterocycles. The summed E-state index contributed by atoms with van der Waals surface area (Å²) >= 11 is 0. The number of likely N-dealkylation sites (tertiary alicyclic amines) is 2. The average molecular weight is 829 g/mol. The standard InChI is InChI=1S/2C25H27N3.C2H2O4/c2*1-3-8-20(9-4-1)22-15-17-27(19-22)16-14-21-10-7-13-25-24(21)18-26-28(25)23-11-5-2-6-12-23;3-1(4)2(5)6/h2*1-6,8-9,11-12,14,18,22H,7,10,13,15-17,19H2;(H,3,4)(H,5,6)/b2*21-14+;. The topological polar surface area (TPSA) is 117 Å². The molecule has 2 atom stereocenters. The number of carboxylic acid groups (broad SMARTS) is 2. The molecule has 4 heterocycles. The molecule has 4 aliphatic rings. The Hall–Kier alpha value is -6.36. The molecule has 2 saturated heterocycles. The highest BCUT2D eigenvalue weighted by Crippen LogP contribution is 2.35. The zero-order chi connectivity index (χ0) is 42.7. The van der Waals surface area contributed by atoms with E-state index in [1.54, 1.807) is 0 Å². The largest absolute Gasteiger partial charge is 0.473 e. The normalized spacial score (nSPS) is 19.8. The van der Waals surface area contributed by atoms with E-state index in [4.69, 9.17) is 30.0 Å². The van der Waals surface area contributed by atoms with Crippen molar-refractivity contribution in [3.63, 3.8) is 0 Å². The third kappa shape index (κ3) is 10.4. The van der Waals surface area contributed by atoms with Crippen LogP contribution in [0.25, 0.3) is 22.5 Å². The number of aliphatic carboxylic acids is 2. The van der Waals surface area contributed by atoms with Gasteiger partial charge < -0.3 is 10.2 Å². The highest BCUT2D eigenvalue weighted by atomic mass is 16.4. The summed E-state index contributed by atoms with van der Waals surface area (Å²) in [7, 11) is 0. The zero-order valence-corrected chi connectivity index (χ0v) is 35.3. The smallest absolute Gasteiger partial charge is 0.414 e. The Morgan fingerprint density at radius 3 is 1.27 bits per heavy atom. The second-order valence-corrected chi connectivity index (χ2v) is 16.6. The molecule has 2 aliphatic carbocycles. The van der Waals surface area contributed by atoms with E-state index >= 15 is 0 Å². The van der Waals surface area contributed by atoms with Crippen molar-refractivity contribution < 1.29 is 19.8 Å². The van der Waals surface area contributed by atoms with E-state index in [9.17, 15) is 0 Å². The molecule has 0 amide bonds. The van der Waals surface area contributed by atoms with Gasteiger partial charge >= 0.3 is 11.9 Å². The number of carbonyl (C=O) groups is 2. The van der Waals surface area contributed by atoms with Gasteiger partial charge in [0.15, 0.2) is 0 Å². The Morgan fingerprint density at radius 1 is 0.532 bits per heavy atom. The molecule has 2 N–H and O–H groups in total. The van der Waals surface area contributed by atoms with Gasteiger partial charge in [-0.1, -0.05) is 109 Å². The van der Waals surface area contributed by atoms with Crippen LogP contribution in [-0.2, 0) is 22.4 Å². The maximum Gasteiger partial charge on any atom is 0.414 e. The fraction of sp³-hybridized carbons (Fsp3) is 0.308. The van der Waals surface area contributed by atoms with Crippen molar-refractivity contribution in [1.29, 1.82) is 0 Å². The van der Waals surface area contributed by atoms with Crippen LogP contribution in [0, 0.1) is 0 Å². The van der Waals surface area contributed by atoms with E-state index < -0.39 is 11.9 Å². The van der Waals surface area contributed by atoms with E-state index in [1.165, 1.54) is 109 Å². The quantitative estimate of drug-likeness (QED) is 0.146. The van der Waals surface area contributed by atoms with Crippen molar-refractivity contribution in [2.45, 2.75) is 63.2 Å². The predicted octanol–water partition coefficient (Wildman–Crippen LogP) is 9.32. The number of carboxylic acids is 2. The van der Waals surface area contributed by atoms with Crippen LogP contribution in [0.3, 0.4) is 0 Å². The van der Waals surface area contributed by atoms with Crippen LogP contribution in [0.15, 0.2) is 146 Å². The van der Waals surface area contributed by atoms with Crippen LogP contribution in [-0.4, -0.2) is 90.8 Å². The number of rotatable bonds is 8. The fourth-order valence-corrected chi connectivity index (χ4v) is 9.40. The molecule has 10 rings (SSSR count). The van der Waals surface area contributed by atoms with Gasteiger partial charge in [0.25, 0.3) is 0 Å². The van der Waals surface area contributed by atoms with Crippen LogP contribution in [0.1, 0.15) is 84.0 Å². The van der Waals surface area contributed by atoms with Crippen molar-refractivity contribution in [2.24, 2.45) is 0 Å². The van der Waals surface area contributed by atoms with Crippen LogP contribution in [0.5, 0.6) is 0 Å². The molecule has 0 bridgehead atoms. The Labute approximate surface area is 364 Å². The van der Waals surface area contributed by atoms with Gasteiger partial charge in [-0.2, -0.15) is 10.2 Å². The zero-order valence-electron chi connectivity index (χ0n) is 35.3. The molecule has 10 nitrogen and oxygen atoms in total. The number of hydrogen-bond donors (Lipinski definition) is 2. The summed E-state index contributed by atoms with van der Waals surface area (Å²) in [5.74, 6) is -2.28. The summed E-state index contributed by atoms with van der Waals surface area (Å²) in [5.41, 5.74) is 13.7. The third-order valence-corrected chi connectivity index (χ3v) is 12.6. The van der Waals surface area contributed by atoms with Gasteiger partial charge in [-0.25, -0.2) is 19.0 Å². The molecule has 0 radical (unpaired) electrons. The van der Waals surface area contributed by atoms with Gasteiger partial charge in [0.2, 0.25) is 0 Å². The highest BCUT2D eigenvalue weighted by Gasteiger charge is 2.26. The Kier molecular flexibility index (Phi) is 14.0. The molecule has 318 valence electrons. The Bertz CT molecular complexity index is 2290. The van der Waals surface area contributed by atoms with Crippen LogP contribution in [0.2, 0.25) is 0 Å². The molecule has 4 aromatic carbocycles. The number of benzene rings is 4. The molecule has 0 saturated carbocycles. The second kappa shape index (κ2) is 20.5. The van der Waals surface area contributed by atoms with Gasteiger partial charge in [-0.3, -0.25) is 9.80 Å². The van der Waals surface area contributed by atoms with Gasteiger partial charge in [-0.15, -0.1) is 0 Å². The van der Waals surface area contributed by atoms with Crippen molar-refractivity contribution in [1.82, 2.24) is 29.4 Å². The summed E-state index contributed by atoms with van der Waals surface area (Å²) in [6.07, 6.45) is 18.6. The summed E-state index contributed by atoms with van der Waals surface area (Å²) in [6.45, 7) is 6.83. The first-order valence-corrected chi connectivity index (χ1v) is 22.1. The highest BCUT2D eigenvalue weighted by molar-refractivity contribution is 6.27. The van der Waals surface area contributed by atoms with Gasteiger partial charge in [-0.05, 0) is 123 Å². The summed E-state index contributed by atoms with van der Waals surface area (Å²) < 4.78 is 4.26. The number of hydrogen-bond acceptors (Lipinski definition) is 6. The molecule has 6 aromatic rings. The predicted molar refractivity (Wildman–Crippen MR) is 245 cm³/mol. The Morgan fingerprint density at radius 2 is 0.903 bits per heavy atom. The fourth-order valence-electron chi connectivity index (χ4n) is 9.40. The number of allylic oxidation sites excluding steroid dienone is 2. The summed E-state index contributed by atoms with van der Waals surface area (Å²) in [6, 6.07) is 43.0. The van der Waals surface area contributed by atoms with Gasteiger partial charge in [0, 0.05) is 37.3 Å². The minimum Gasteiger partial charge on any atom is -0.473 e. The number of aromatic nitrogens is 4. The van der Waals surface area contributed by atoms with E-state index in [-0.39, 0.29) is 0 Å². The van der Waals surface area contributed by atoms with Gasteiger partial charge in [0.05, 0.1) is 35.2 Å². The van der Waals surface area contributed by atoms with E-state index in [0.29, 0.717) is 11.8 Å². The Balaban J connectivity index is 0.000000151. The molecular weight excluding hydrogens is 773 g/mol. The molecule has 2 fully saturated rings. The first-order valence-electron chi connectivity index (χ1n) is 22.1. The molecule has 0 spiro atoms. The average Bonchev–Trinajstić information content (AvgIpc) is 4.16. The van der Waals surface area contributed by atoms with Gasteiger partial charge in [0.1, 0.15) is 0 Å². The van der Waals surface area contributed by atoms with Crippen LogP contribution >= 0.6 is 0 Å². The van der Waals surface area contributed by atoms with Crippen LogP contribution in [0.4, 0.5) is 0 Å². The lowest BCUT2D eigenvalue weighted by atomic mass is 9.92. The summed E-state index contributed by atoms with van der Waals surface area (Å²) in [5, 5.41) is 24.2. The third-order valence-electron chi connectivity index (χ3n) is 12.6. The number of para-hydroxylation sites is 2. The van der Waals surface area contributed by atoms with E-state index in [0.717, 1.165) is 37.3 Å². The molecular formula is C52H56N6O4. The molecule has 2 aliphatic heterocycles. The monoisotopic (exact) mass is 828 g/mol. The van der Waals surface area contributed by atoms with Crippen molar-refractivity contribution in [3.8, 4) is 11.4 Å². The number of nitrogens with zero attached hydrogens (tertiary/aromatic N) is 6. The molecule has 62 heavy (non-hydrogen) atoms. The lowest BCUT2D eigenvalue weighted by Crippen LogP contribution is -2.20. The molecule has 10 heteroatoms. The van der Waals surface area contributed by atoms with Crippen molar-refractivity contribution in [3.05, 3.63) is 180 Å². The van der Waals surface area contributed by atoms with Crippen LogP contribution < -0.4 is 0 Å². The molecule has 2 unspecified atom stereocenters. The summed E-state index contributed by atoms with van der Waals surface area (Å²) in [4.78, 5) is 23.4. The number of fused-ring (bicyclic) bond motifs is 2. The van der Waals surface area contributed by atoms with Crippen molar-refractivity contribution >= 4 is 23.1 Å². The second-order valence-electron chi connectivity index (χ2n) is 16.6. The minimum absolute atomic E-state index is 0.683. The van der Waals surface area contributed by atoms with E-state index in [1.807, 2.05) is 0 Å². The lowest BCUT2D eigenvalue weighted by molar-refractivity contribution is -0.159. The lowest BCUT2D eigenvalue weighted by Gasteiger charge is -2.19. The maximum atomic E-state index is 9.10.